The van der Waals surface area contributed by atoms with E-state index < -0.39 is 34.1 Å². The second-order valence-corrected chi connectivity index (χ2v) is 13.6. The van der Waals surface area contributed by atoms with Crippen molar-refractivity contribution in [3.05, 3.63) is 99.5 Å². The number of nitrogens with zero attached hydrogens (tertiary/aromatic N) is 2. The van der Waals surface area contributed by atoms with E-state index in [0.29, 0.717) is 10.7 Å². The molecule has 10 heteroatoms. The van der Waals surface area contributed by atoms with Crippen molar-refractivity contribution >= 4 is 55.1 Å². The number of sulfonamides is 1. The van der Waals surface area contributed by atoms with Gasteiger partial charge in [0.25, 0.3) is 0 Å². The van der Waals surface area contributed by atoms with Gasteiger partial charge in [-0.05, 0) is 68.3 Å². The van der Waals surface area contributed by atoms with Crippen LogP contribution in [-0.2, 0) is 32.6 Å². The van der Waals surface area contributed by atoms with Gasteiger partial charge in [-0.3, -0.25) is 13.9 Å². The molecule has 0 bridgehead atoms. The summed E-state index contributed by atoms with van der Waals surface area (Å²) in [5.74, 6) is -0.841. The molecule has 1 atom stereocenters. The fraction of sp³-hybridized carbons (Fsp3) is 0.310. The van der Waals surface area contributed by atoms with E-state index in [0.717, 1.165) is 26.2 Å². The van der Waals surface area contributed by atoms with Crippen LogP contribution in [0.25, 0.3) is 0 Å². The van der Waals surface area contributed by atoms with Crippen molar-refractivity contribution in [1.82, 2.24) is 10.2 Å². The first kappa shape index (κ1) is 30.7. The molecule has 3 aromatic carbocycles. The Balaban J connectivity index is 2.06. The molecule has 0 saturated carbocycles. The number of amides is 2. The summed E-state index contributed by atoms with van der Waals surface area (Å²) in [6.45, 7) is 5.23. The van der Waals surface area contributed by atoms with Gasteiger partial charge < -0.3 is 10.2 Å². The molecule has 0 saturated heterocycles. The van der Waals surface area contributed by atoms with Crippen molar-refractivity contribution in [2.75, 3.05) is 17.1 Å². The van der Waals surface area contributed by atoms with Crippen molar-refractivity contribution in [3.8, 4) is 0 Å². The minimum Gasteiger partial charge on any atom is -0.350 e. The van der Waals surface area contributed by atoms with Crippen LogP contribution in [0.4, 0.5) is 5.69 Å². The lowest BCUT2D eigenvalue weighted by molar-refractivity contribution is -0.140. The number of nitrogens with one attached hydrogen (secondary N) is 1. The summed E-state index contributed by atoms with van der Waals surface area (Å²) < 4.78 is 27.4. The van der Waals surface area contributed by atoms with Crippen LogP contribution in [0.2, 0.25) is 5.02 Å². The second-order valence-electron chi connectivity index (χ2n) is 10.3. The van der Waals surface area contributed by atoms with Crippen LogP contribution in [0.15, 0.2) is 83.3 Å². The summed E-state index contributed by atoms with van der Waals surface area (Å²) >= 11 is 9.43. The average molecular weight is 635 g/mol. The number of hydrogen-bond acceptors (Lipinski definition) is 4. The van der Waals surface area contributed by atoms with Crippen LogP contribution in [0.5, 0.6) is 0 Å². The van der Waals surface area contributed by atoms with Gasteiger partial charge in [0, 0.05) is 28.0 Å². The molecule has 208 valence electrons. The minimum atomic E-state index is -3.82. The summed E-state index contributed by atoms with van der Waals surface area (Å²) in [4.78, 5) is 29.2. The standard InChI is InChI=1S/C29H33BrClN3O4S/c1-29(2,3)32-28(36)26(18-21-8-6-5-7-9-21)33(19-22-10-14-24(31)15-11-22)27(35)20-34(39(4,37)38)25-16-12-23(30)13-17-25/h5-17,26H,18-20H2,1-4H3,(H,32,36)/t26-/m0/s1. The van der Waals surface area contributed by atoms with E-state index in [4.69, 9.17) is 11.6 Å². The Kier molecular flexibility index (Phi) is 10.2. The lowest BCUT2D eigenvalue weighted by Crippen LogP contribution is -2.56. The number of carbonyl (C=O) groups is 2. The first-order chi connectivity index (χ1) is 18.2. The molecule has 2 amide bonds. The molecule has 0 aliphatic carbocycles. The van der Waals surface area contributed by atoms with Crippen molar-refractivity contribution in [2.45, 2.75) is 45.3 Å². The third-order valence-corrected chi connectivity index (χ3v) is 7.75. The number of halogens is 2. The van der Waals surface area contributed by atoms with E-state index >= 15 is 0 Å². The quantitative estimate of drug-likeness (QED) is 0.323. The highest BCUT2D eigenvalue weighted by Gasteiger charge is 2.34. The third kappa shape index (κ3) is 9.37. The molecule has 0 radical (unpaired) electrons. The maximum atomic E-state index is 14.0. The highest BCUT2D eigenvalue weighted by Crippen LogP contribution is 2.23. The Morgan fingerprint density at radius 1 is 0.923 bits per heavy atom. The lowest BCUT2D eigenvalue weighted by atomic mass is 10.0. The molecular weight excluding hydrogens is 602 g/mol. The van der Waals surface area contributed by atoms with Gasteiger partial charge in [-0.15, -0.1) is 0 Å². The molecular formula is C29H33BrClN3O4S. The summed E-state index contributed by atoms with van der Waals surface area (Å²) in [5, 5.41) is 3.54. The van der Waals surface area contributed by atoms with Crippen LogP contribution in [0, 0.1) is 0 Å². The average Bonchev–Trinajstić information content (AvgIpc) is 2.85. The van der Waals surface area contributed by atoms with E-state index in [-0.39, 0.29) is 18.9 Å². The predicted octanol–water partition coefficient (Wildman–Crippen LogP) is 5.42. The highest BCUT2D eigenvalue weighted by atomic mass is 79.9. The van der Waals surface area contributed by atoms with E-state index in [1.54, 1.807) is 48.5 Å². The fourth-order valence-corrected chi connectivity index (χ4v) is 5.25. The molecule has 39 heavy (non-hydrogen) atoms. The van der Waals surface area contributed by atoms with Crippen molar-refractivity contribution < 1.29 is 18.0 Å². The molecule has 0 fully saturated rings. The zero-order valence-corrected chi connectivity index (χ0v) is 25.6. The largest absolute Gasteiger partial charge is 0.350 e. The molecule has 0 heterocycles. The summed E-state index contributed by atoms with van der Waals surface area (Å²) in [6, 6.07) is 22.2. The molecule has 3 aromatic rings. The van der Waals surface area contributed by atoms with Gasteiger partial charge in [0.15, 0.2) is 0 Å². The molecule has 3 rings (SSSR count). The molecule has 0 spiro atoms. The molecule has 7 nitrogen and oxygen atoms in total. The number of carbonyl (C=O) groups excluding carboxylic acids is 2. The summed E-state index contributed by atoms with van der Waals surface area (Å²) in [7, 11) is -3.82. The van der Waals surface area contributed by atoms with Crippen molar-refractivity contribution in [2.24, 2.45) is 0 Å². The topological polar surface area (TPSA) is 86.8 Å². The zero-order valence-electron chi connectivity index (χ0n) is 22.4. The number of benzene rings is 3. The Morgan fingerprint density at radius 2 is 1.51 bits per heavy atom. The molecule has 0 aliphatic rings. The van der Waals surface area contributed by atoms with Gasteiger partial charge in [0.05, 0.1) is 11.9 Å². The normalized spacial score (nSPS) is 12.5. The van der Waals surface area contributed by atoms with E-state index in [9.17, 15) is 18.0 Å². The smallest absolute Gasteiger partial charge is 0.244 e. The van der Waals surface area contributed by atoms with E-state index in [1.807, 2.05) is 51.1 Å². The third-order valence-electron chi connectivity index (χ3n) is 5.83. The van der Waals surface area contributed by atoms with Crippen LogP contribution >= 0.6 is 27.5 Å². The van der Waals surface area contributed by atoms with Gasteiger partial charge in [0.1, 0.15) is 12.6 Å². The molecule has 0 aromatic heterocycles. The van der Waals surface area contributed by atoms with Gasteiger partial charge in [-0.1, -0.05) is 70.0 Å². The Morgan fingerprint density at radius 3 is 2.05 bits per heavy atom. The fourth-order valence-electron chi connectivity index (χ4n) is 4.01. The van der Waals surface area contributed by atoms with Gasteiger partial charge >= 0.3 is 0 Å². The monoisotopic (exact) mass is 633 g/mol. The maximum Gasteiger partial charge on any atom is 0.244 e. The van der Waals surface area contributed by atoms with Crippen molar-refractivity contribution in [1.29, 1.82) is 0 Å². The molecule has 1 N–H and O–H groups in total. The number of rotatable bonds is 10. The second kappa shape index (κ2) is 13.0. The first-order valence-corrected chi connectivity index (χ1v) is 15.4. The minimum absolute atomic E-state index is 0.0863. The first-order valence-electron chi connectivity index (χ1n) is 12.4. The summed E-state index contributed by atoms with van der Waals surface area (Å²) in [5.41, 5.74) is 1.42. The summed E-state index contributed by atoms with van der Waals surface area (Å²) in [6.07, 6.45) is 1.30. The van der Waals surface area contributed by atoms with Crippen molar-refractivity contribution in [3.63, 3.8) is 0 Å². The maximum absolute atomic E-state index is 14.0. The number of hydrogen-bond donors (Lipinski definition) is 1. The number of anilines is 1. The Labute approximate surface area is 244 Å². The van der Waals surface area contributed by atoms with Gasteiger partial charge in [0.2, 0.25) is 21.8 Å². The van der Waals surface area contributed by atoms with Gasteiger partial charge in [-0.2, -0.15) is 0 Å². The van der Waals surface area contributed by atoms with Gasteiger partial charge in [-0.25, -0.2) is 8.42 Å². The van der Waals surface area contributed by atoms with E-state index in [1.165, 1.54) is 4.90 Å². The van der Waals surface area contributed by atoms with Crippen LogP contribution in [0.1, 0.15) is 31.9 Å². The van der Waals surface area contributed by atoms with Crippen LogP contribution < -0.4 is 9.62 Å². The highest BCUT2D eigenvalue weighted by molar-refractivity contribution is 9.10. The Bertz CT molecular complexity index is 1380. The predicted molar refractivity (Wildman–Crippen MR) is 160 cm³/mol. The molecule has 0 aliphatic heterocycles. The van der Waals surface area contributed by atoms with E-state index in [2.05, 4.69) is 21.2 Å². The van der Waals surface area contributed by atoms with Crippen LogP contribution in [0.3, 0.4) is 0 Å². The SMILES string of the molecule is CC(C)(C)NC(=O)[C@H](Cc1ccccc1)N(Cc1ccc(Cl)cc1)C(=O)CN(c1ccc(Br)cc1)S(C)(=O)=O. The molecule has 0 unspecified atom stereocenters. The van der Waals surface area contributed by atoms with Crippen LogP contribution in [-0.4, -0.2) is 49.5 Å². The Hall–Kier alpha value is -2.88. The zero-order chi connectivity index (χ0) is 28.8. The lowest BCUT2D eigenvalue weighted by Gasteiger charge is -2.35.